The van der Waals surface area contributed by atoms with Gasteiger partial charge in [-0.1, -0.05) is 19.3 Å². The van der Waals surface area contributed by atoms with Gasteiger partial charge in [0.25, 0.3) is 0 Å². The van der Waals surface area contributed by atoms with Crippen molar-refractivity contribution in [1.29, 1.82) is 0 Å². The predicted octanol–water partition coefficient (Wildman–Crippen LogP) is 3.72. The lowest BCUT2D eigenvalue weighted by Gasteiger charge is -2.35. The number of likely N-dealkylation sites (N-methyl/N-ethyl adjacent to an activating group) is 1. The highest BCUT2D eigenvalue weighted by Crippen LogP contribution is 2.30. The van der Waals surface area contributed by atoms with Gasteiger partial charge >= 0.3 is 0 Å². The van der Waals surface area contributed by atoms with Crippen LogP contribution in [0.3, 0.4) is 0 Å². The lowest BCUT2D eigenvalue weighted by Crippen LogP contribution is -2.50. The van der Waals surface area contributed by atoms with Crippen LogP contribution in [0.15, 0.2) is 23.2 Å². The molecule has 182 valence electrons. The van der Waals surface area contributed by atoms with Crippen LogP contribution in [-0.2, 0) is 0 Å². The Kier molecular flexibility index (Phi) is 11.7. The summed E-state index contributed by atoms with van der Waals surface area (Å²) in [5.41, 5.74) is 1.16. The largest absolute Gasteiger partial charge is 0.497 e. The Balaban J connectivity index is 0.00000363. The normalized spacial score (nSPS) is 18.3. The first kappa shape index (κ1) is 26.8. The summed E-state index contributed by atoms with van der Waals surface area (Å²) in [7, 11) is 7.51. The molecule has 32 heavy (non-hydrogen) atoms. The maximum atomic E-state index is 5.42. The maximum absolute atomic E-state index is 5.42. The van der Waals surface area contributed by atoms with Gasteiger partial charge in [-0.05, 0) is 32.7 Å². The van der Waals surface area contributed by atoms with E-state index in [-0.39, 0.29) is 24.0 Å². The molecule has 1 saturated heterocycles. The monoisotopic (exact) mass is 559 g/mol. The molecule has 7 nitrogen and oxygen atoms in total. The number of guanidine groups is 1. The van der Waals surface area contributed by atoms with Crippen molar-refractivity contribution in [2.75, 3.05) is 59.4 Å². The maximum Gasteiger partial charge on any atom is 0.191 e. The van der Waals surface area contributed by atoms with E-state index in [9.17, 15) is 0 Å². The third-order valence-corrected chi connectivity index (χ3v) is 6.72. The second-order valence-corrected chi connectivity index (χ2v) is 8.75. The lowest BCUT2D eigenvalue weighted by molar-refractivity contribution is 0.194. The summed E-state index contributed by atoms with van der Waals surface area (Å²) in [5.74, 6) is 2.58. The first-order chi connectivity index (χ1) is 15.1. The minimum absolute atomic E-state index is 0. The number of benzene rings is 1. The number of nitrogens with one attached hydrogen (secondary N) is 2. The number of methoxy groups -OCH3 is 2. The molecule has 0 amide bonds. The van der Waals surface area contributed by atoms with E-state index in [1.807, 2.05) is 13.1 Å². The smallest absolute Gasteiger partial charge is 0.191 e. The highest BCUT2D eigenvalue weighted by atomic mass is 127. The van der Waals surface area contributed by atoms with Crippen molar-refractivity contribution in [2.45, 2.75) is 57.0 Å². The number of aliphatic imine (C=N–C) groups is 1. The van der Waals surface area contributed by atoms with E-state index in [1.165, 1.54) is 32.1 Å². The SMILES string of the molecule is CN=C(NCCN(C)C1CCCCC1)NC1CCN(c2cc(OC)cc(OC)c2)CC1.I. The van der Waals surface area contributed by atoms with Gasteiger partial charge in [-0.3, -0.25) is 4.99 Å². The molecule has 8 heteroatoms. The van der Waals surface area contributed by atoms with Gasteiger partial charge in [-0.25, -0.2) is 0 Å². The number of anilines is 1. The number of halogens is 1. The van der Waals surface area contributed by atoms with E-state index < -0.39 is 0 Å². The van der Waals surface area contributed by atoms with Gasteiger partial charge in [0.1, 0.15) is 11.5 Å². The molecule has 0 bridgehead atoms. The van der Waals surface area contributed by atoms with E-state index in [1.54, 1.807) is 14.2 Å². The van der Waals surface area contributed by atoms with Gasteiger partial charge in [0, 0.05) is 69.2 Å². The molecule has 3 rings (SSSR count). The highest BCUT2D eigenvalue weighted by Gasteiger charge is 2.22. The molecule has 1 aliphatic heterocycles. The summed E-state index contributed by atoms with van der Waals surface area (Å²) in [4.78, 5) is 9.36. The molecule has 0 atom stereocenters. The van der Waals surface area contributed by atoms with Crippen LogP contribution in [0.5, 0.6) is 11.5 Å². The predicted molar refractivity (Wildman–Crippen MR) is 144 cm³/mol. The molecule has 1 heterocycles. The van der Waals surface area contributed by atoms with Gasteiger partial charge in [-0.2, -0.15) is 0 Å². The van der Waals surface area contributed by atoms with Crippen molar-refractivity contribution < 1.29 is 9.47 Å². The van der Waals surface area contributed by atoms with E-state index in [4.69, 9.17) is 9.47 Å². The van der Waals surface area contributed by atoms with Gasteiger partial charge in [0.15, 0.2) is 5.96 Å². The van der Waals surface area contributed by atoms with E-state index in [0.29, 0.717) is 6.04 Å². The zero-order valence-corrected chi connectivity index (χ0v) is 22.6. The van der Waals surface area contributed by atoms with Crippen molar-refractivity contribution in [1.82, 2.24) is 15.5 Å². The van der Waals surface area contributed by atoms with Crippen molar-refractivity contribution in [3.63, 3.8) is 0 Å². The van der Waals surface area contributed by atoms with E-state index in [2.05, 4.69) is 44.6 Å². The van der Waals surface area contributed by atoms with Gasteiger partial charge < -0.3 is 29.9 Å². The first-order valence-electron chi connectivity index (χ1n) is 11.8. The average Bonchev–Trinajstić information content (AvgIpc) is 2.83. The Morgan fingerprint density at radius 1 is 1.03 bits per heavy atom. The Hall–Kier alpha value is -1.42. The fraction of sp³-hybridized carbons (Fsp3) is 0.708. The molecule has 2 aliphatic rings. The number of piperidine rings is 1. The Morgan fingerprint density at radius 3 is 2.22 bits per heavy atom. The van der Waals surface area contributed by atoms with Crippen LogP contribution in [0.1, 0.15) is 44.9 Å². The quantitative estimate of drug-likeness (QED) is 0.288. The zero-order valence-electron chi connectivity index (χ0n) is 20.2. The highest BCUT2D eigenvalue weighted by molar-refractivity contribution is 14.0. The third kappa shape index (κ3) is 7.86. The Labute approximate surface area is 211 Å². The zero-order chi connectivity index (χ0) is 22.1. The summed E-state index contributed by atoms with van der Waals surface area (Å²) in [5, 5.41) is 7.13. The summed E-state index contributed by atoms with van der Waals surface area (Å²) in [6.07, 6.45) is 9.01. The number of nitrogens with zero attached hydrogens (tertiary/aromatic N) is 3. The molecule has 0 spiro atoms. The molecule has 0 aromatic heterocycles. The van der Waals surface area contributed by atoms with Crippen LogP contribution in [0.2, 0.25) is 0 Å². The van der Waals surface area contributed by atoms with Crippen LogP contribution in [-0.4, -0.2) is 77.4 Å². The Bertz CT molecular complexity index is 681. The van der Waals surface area contributed by atoms with Crippen LogP contribution in [0.25, 0.3) is 0 Å². The molecule has 1 aromatic carbocycles. The molecule has 0 unspecified atom stereocenters. The second-order valence-electron chi connectivity index (χ2n) is 8.75. The van der Waals surface area contributed by atoms with Gasteiger partial charge in [-0.15, -0.1) is 24.0 Å². The van der Waals surface area contributed by atoms with Crippen LogP contribution < -0.4 is 25.0 Å². The van der Waals surface area contributed by atoms with Crippen molar-refractivity contribution in [3.8, 4) is 11.5 Å². The Morgan fingerprint density at radius 2 is 1.66 bits per heavy atom. The molecule has 1 saturated carbocycles. The van der Waals surface area contributed by atoms with E-state index >= 15 is 0 Å². The summed E-state index contributed by atoms with van der Waals surface area (Å²) in [6, 6.07) is 7.27. The molecular formula is C24H42IN5O2. The molecule has 1 aliphatic carbocycles. The van der Waals surface area contributed by atoms with Crippen LogP contribution in [0.4, 0.5) is 5.69 Å². The summed E-state index contributed by atoms with van der Waals surface area (Å²) in [6.45, 7) is 3.97. The molecule has 2 fully saturated rings. The number of hydrogen-bond acceptors (Lipinski definition) is 5. The van der Waals surface area contributed by atoms with Gasteiger partial charge in [0.05, 0.1) is 14.2 Å². The summed E-state index contributed by atoms with van der Waals surface area (Å²) < 4.78 is 10.8. The van der Waals surface area contributed by atoms with Crippen LogP contribution >= 0.6 is 24.0 Å². The van der Waals surface area contributed by atoms with Crippen molar-refractivity contribution in [3.05, 3.63) is 18.2 Å². The minimum atomic E-state index is 0. The first-order valence-corrected chi connectivity index (χ1v) is 11.8. The summed E-state index contributed by atoms with van der Waals surface area (Å²) >= 11 is 0. The average molecular weight is 560 g/mol. The van der Waals surface area contributed by atoms with Gasteiger partial charge in [0.2, 0.25) is 0 Å². The fourth-order valence-corrected chi connectivity index (χ4v) is 4.70. The lowest BCUT2D eigenvalue weighted by atomic mass is 9.94. The van der Waals surface area contributed by atoms with E-state index in [0.717, 1.165) is 68.2 Å². The minimum Gasteiger partial charge on any atom is -0.497 e. The van der Waals surface area contributed by atoms with Crippen molar-refractivity contribution in [2.24, 2.45) is 4.99 Å². The third-order valence-electron chi connectivity index (χ3n) is 6.72. The molecule has 0 radical (unpaired) electrons. The van der Waals surface area contributed by atoms with Crippen molar-refractivity contribution >= 4 is 35.6 Å². The second kappa shape index (κ2) is 14.0. The molecule has 1 aromatic rings. The van der Waals surface area contributed by atoms with Crippen LogP contribution in [0, 0.1) is 0 Å². The molecule has 2 N–H and O–H groups in total. The number of hydrogen-bond donors (Lipinski definition) is 2. The molecular weight excluding hydrogens is 517 g/mol. The number of rotatable bonds is 8. The number of ether oxygens (including phenoxy) is 2. The fourth-order valence-electron chi connectivity index (χ4n) is 4.70. The standard InChI is InChI=1S/C24H41N5O2.HI/c1-25-24(26-12-15-28(2)20-8-6-5-7-9-20)27-19-10-13-29(14-11-19)21-16-22(30-3)18-23(17-21)31-4;/h16-20H,5-15H2,1-4H3,(H2,25,26,27);1H. The topological polar surface area (TPSA) is 61.4 Å².